The number of nitrogens with one attached hydrogen (secondary N) is 1. The second-order valence-electron chi connectivity index (χ2n) is 5.46. The predicted molar refractivity (Wildman–Crippen MR) is 87.0 cm³/mol. The third-order valence-corrected chi connectivity index (χ3v) is 4.59. The van der Waals surface area contributed by atoms with E-state index in [2.05, 4.69) is 5.32 Å². The molecular weight excluding hydrogens is 302 g/mol. The van der Waals surface area contributed by atoms with Gasteiger partial charge in [0.25, 0.3) is 0 Å². The van der Waals surface area contributed by atoms with Gasteiger partial charge in [-0.15, -0.1) is 11.8 Å². The number of hydrogen-bond donors (Lipinski definition) is 2. The summed E-state index contributed by atoms with van der Waals surface area (Å²) in [5, 5.41) is 11.6. The van der Waals surface area contributed by atoms with Crippen molar-refractivity contribution in [2.45, 2.75) is 25.5 Å². The Kier molecular flexibility index (Phi) is 5.85. The molecule has 1 aromatic carbocycles. The molecule has 22 heavy (non-hydrogen) atoms. The predicted octanol–water partition coefficient (Wildman–Crippen LogP) is 2.76. The molecular formula is C16H21NO4S. The summed E-state index contributed by atoms with van der Waals surface area (Å²) in [7, 11) is 0. The van der Waals surface area contributed by atoms with E-state index < -0.39 is 5.97 Å². The van der Waals surface area contributed by atoms with E-state index in [1.54, 1.807) is 0 Å². The number of benzene rings is 1. The number of anilines is 1. The highest BCUT2D eigenvalue weighted by Crippen LogP contribution is 2.46. The Bertz CT molecular complexity index is 543. The molecule has 5 nitrogen and oxygen atoms in total. The first-order valence-corrected chi connectivity index (χ1v) is 8.49. The van der Waals surface area contributed by atoms with Crippen LogP contribution in [0.5, 0.6) is 0 Å². The fraction of sp³-hybridized carbons (Fsp3) is 0.500. The lowest BCUT2D eigenvalue weighted by Gasteiger charge is -2.15. The fourth-order valence-electron chi connectivity index (χ4n) is 2.14. The maximum atomic E-state index is 12.3. The maximum Gasteiger partial charge on any atom is 0.313 e. The van der Waals surface area contributed by atoms with E-state index in [4.69, 9.17) is 9.84 Å². The van der Waals surface area contributed by atoms with Gasteiger partial charge in [0, 0.05) is 18.0 Å². The minimum Gasteiger partial charge on any atom is -0.481 e. The van der Waals surface area contributed by atoms with Crippen molar-refractivity contribution in [3.63, 3.8) is 0 Å². The van der Waals surface area contributed by atoms with Crippen LogP contribution in [-0.2, 0) is 20.1 Å². The first kappa shape index (κ1) is 16.8. The molecule has 1 saturated carbocycles. The summed E-state index contributed by atoms with van der Waals surface area (Å²) in [6.07, 6.45) is 1.74. The molecule has 0 bridgehead atoms. The molecule has 1 amide bonds. The van der Waals surface area contributed by atoms with Crippen LogP contribution in [0.3, 0.4) is 0 Å². The molecule has 1 aliphatic rings. The van der Waals surface area contributed by atoms with Gasteiger partial charge in [-0.3, -0.25) is 9.59 Å². The van der Waals surface area contributed by atoms with Crippen molar-refractivity contribution < 1.29 is 19.4 Å². The average molecular weight is 323 g/mol. The summed E-state index contributed by atoms with van der Waals surface area (Å²) in [5.41, 5.74) is 1.39. The smallest absolute Gasteiger partial charge is 0.313 e. The van der Waals surface area contributed by atoms with Crippen LogP contribution in [0.4, 0.5) is 5.69 Å². The Balaban J connectivity index is 1.90. The van der Waals surface area contributed by atoms with Crippen molar-refractivity contribution in [3.05, 3.63) is 29.8 Å². The molecule has 6 heteroatoms. The van der Waals surface area contributed by atoms with Gasteiger partial charge in [0.2, 0.25) is 5.91 Å². The SMILES string of the molecule is CCOCC1(C(=O)Nc2cccc(CSCC(=O)O)c2)CC1. The molecule has 0 aliphatic heterocycles. The molecule has 0 spiro atoms. The summed E-state index contributed by atoms with van der Waals surface area (Å²) < 4.78 is 5.40. The molecule has 2 N–H and O–H groups in total. The Morgan fingerprint density at radius 2 is 2.18 bits per heavy atom. The van der Waals surface area contributed by atoms with Crippen molar-refractivity contribution in [2.75, 3.05) is 24.3 Å². The second-order valence-corrected chi connectivity index (χ2v) is 6.44. The summed E-state index contributed by atoms with van der Waals surface area (Å²) in [4.78, 5) is 22.9. The fourth-order valence-corrected chi connectivity index (χ4v) is 2.84. The normalized spacial score (nSPS) is 15.3. The van der Waals surface area contributed by atoms with Gasteiger partial charge in [0.1, 0.15) is 0 Å². The van der Waals surface area contributed by atoms with Crippen molar-refractivity contribution in [3.8, 4) is 0 Å². The lowest BCUT2D eigenvalue weighted by atomic mass is 10.1. The maximum absolute atomic E-state index is 12.3. The quantitative estimate of drug-likeness (QED) is 0.731. The van der Waals surface area contributed by atoms with Crippen molar-refractivity contribution in [1.29, 1.82) is 0 Å². The van der Waals surface area contributed by atoms with Crippen LogP contribution in [0.1, 0.15) is 25.3 Å². The molecule has 0 atom stereocenters. The van der Waals surface area contributed by atoms with Crippen LogP contribution in [0.2, 0.25) is 0 Å². The lowest BCUT2D eigenvalue weighted by Crippen LogP contribution is -2.28. The molecule has 0 aromatic heterocycles. The summed E-state index contributed by atoms with van der Waals surface area (Å²) >= 11 is 1.34. The lowest BCUT2D eigenvalue weighted by molar-refractivity contribution is -0.134. The summed E-state index contributed by atoms with van der Waals surface area (Å²) in [6, 6.07) is 7.54. The molecule has 1 aromatic rings. The Morgan fingerprint density at radius 1 is 1.41 bits per heavy atom. The van der Waals surface area contributed by atoms with Crippen molar-refractivity contribution in [2.24, 2.45) is 5.41 Å². The van der Waals surface area contributed by atoms with Crippen molar-refractivity contribution >= 4 is 29.3 Å². The standard InChI is InChI=1S/C16H21NO4S/c1-2-21-11-16(6-7-16)15(20)17-13-5-3-4-12(8-13)9-22-10-14(18)19/h3-5,8H,2,6-7,9-11H2,1H3,(H,17,20)(H,18,19). The van der Waals surface area contributed by atoms with E-state index in [-0.39, 0.29) is 17.1 Å². The van der Waals surface area contributed by atoms with Gasteiger partial charge in [-0.2, -0.15) is 0 Å². The van der Waals surface area contributed by atoms with E-state index in [9.17, 15) is 9.59 Å². The molecule has 0 heterocycles. The van der Waals surface area contributed by atoms with Crippen molar-refractivity contribution in [1.82, 2.24) is 0 Å². The highest BCUT2D eigenvalue weighted by molar-refractivity contribution is 7.99. The zero-order valence-corrected chi connectivity index (χ0v) is 13.4. The third kappa shape index (κ3) is 4.74. The average Bonchev–Trinajstić information content (AvgIpc) is 3.26. The number of carboxylic acids is 1. The number of hydrogen-bond acceptors (Lipinski definition) is 4. The zero-order chi connectivity index (χ0) is 16.0. The number of thioether (sulfide) groups is 1. The number of carbonyl (C=O) groups is 2. The monoisotopic (exact) mass is 323 g/mol. The van der Waals surface area contributed by atoms with Gasteiger partial charge < -0.3 is 15.2 Å². The van der Waals surface area contributed by atoms with Gasteiger partial charge in [0.05, 0.1) is 17.8 Å². The molecule has 0 unspecified atom stereocenters. The second kappa shape index (κ2) is 7.65. The molecule has 2 rings (SSSR count). The van der Waals surface area contributed by atoms with Gasteiger partial charge in [-0.25, -0.2) is 0 Å². The van der Waals surface area contributed by atoms with Crippen LogP contribution in [0.15, 0.2) is 24.3 Å². The number of ether oxygens (including phenoxy) is 1. The molecule has 0 radical (unpaired) electrons. The summed E-state index contributed by atoms with van der Waals surface area (Å²) in [5.74, 6) is -0.119. The Labute approximate surface area is 134 Å². The van der Waals surface area contributed by atoms with E-state index >= 15 is 0 Å². The largest absolute Gasteiger partial charge is 0.481 e. The van der Waals surface area contributed by atoms with Crippen LogP contribution in [0, 0.1) is 5.41 Å². The van der Waals surface area contributed by atoms with Crippen LogP contribution in [-0.4, -0.2) is 35.9 Å². The van der Waals surface area contributed by atoms with Gasteiger partial charge in [0.15, 0.2) is 0 Å². The minimum absolute atomic E-state index is 0.0105. The number of amides is 1. The van der Waals surface area contributed by atoms with Gasteiger partial charge >= 0.3 is 5.97 Å². The molecule has 1 fully saturated rings. The zero-order valence-electron chi connectivity index (χ0n) is 12.6. The number of rotatable bonds is 9. The van der Waals surface area contributed by atoms with Crippen LogP contribution in [0.25, 0.3) is 0 Å². The molecule has 0 saturated heterocycles. The number of carboxylic acid groups (broad SMARTS) is 1. The first-order valence-electron chi connectivity index (χ1n) is 7.33. The van der Waals surface area contributed by atoms with Gasteiger partial charge in [-0.05, 0) is 37.5 Å². The van der Waals surface area contributed by atoms with E-state index in [1.165, 1.54) is 11.8 Å². The van der Waals surface area contributed by atoms with E-state index in [1.807, 2.05) is 31.2 Å². The highest BCUT2D eigenvalue weighted by atomic mass is 32.2. The Morgan fingerprint density at radius 3 is 2.82 bits per heavy atom. The number of aliphatic carboxylic acids is 1. The molecule has 1 aliphatic carbocycles. The van der Waals surface area contributed by atoms with Crippen LogP contribution < -0.4 is 5.32 Å². The topological polar surface area (TPSA) is 75.6 Å². The Hall–Kier alpha value is -1.53. The summed E-state index contributed by atoms with van der Waals surface area (Å²) in [6.45, 7) is 3.01. The number of carbonyl (C=O) groups excluding carboxylic acids is 1. The van der Waals surface area contributed by atoms with E-state index in [0.717, 1.165) is 24.1 Å². The van der Waals surface area contributed by atoms with E-state index in [0.29, 0.717) is 19.0 Å². The van der Waals surface area contributed by atoms with Gasteiger partial charge in [-0.1, -0.05) is 12.1 Å². The van der Waals surface area contributed by atoms with Crippen LogP contribution >= 0.6 is 11.8 Å². The minimum atomic E-state index is -0.818. The third-order valence-electron chi connectivity index (χ3n) is 3.60. The molecule has 120 valence electrons. The first-order chi connectivity index (χ1) is 10.6. The highest BCUT2D eigenvalue weighted by Gasteiger charge is 2.50.